The van der Waals surface area contributed by atoms with E-state index in [4.69, 9.17) is 15.2 Å². The molecule has 7 N–H and O–H groups in total. The highest BCUT2D eigenvalue weighted by Crippen LogP contribution is 2.46. The highest BCUT2D eigenvalue weighted by atomic mass is 31.2. The molecule has 1 aliphatic heterocycles. The van der Waals surface area contributed by atoms with Crippen LogP contribution >= 0.6 is 7.82 Å². The van der Waals surface area contributed by atoms with Gasteiger partial charge in [0.05, 0.1) is 13.2 Å². The molecule has 218 valence electrons. The number of allylic oxidation sites excluding steroid dienone is 5. The van der Waals surface area contributed by atoms with Gasteiger partial charge in [0.2, 0.25) is 5.91 Å². The normalized spacial score (nSPS) is 26.9. The van der Waals surface area contributed by atoms with Crippen molar-refractivity contribution in [3.05, 3.63) is 34.9 Å². The topological polar surface area (TPSA) is 215 Å². The van der Waals surface area contributed by atoms with Crippen molar-refractivity contribution >= 4 is 19.7 Å². The van der Waals surface area contributed by atoms with E-state index in [2.05, 4.69) is 42.0 Å². The van der Waals surface area contributed by atoms with Crippen LogP contribution in [0.25, 0.3) is 0 Å². The van der Waals surface area contributed by atoms with Crippen LogP contribution in [0.5, 0.6) is 0 Å². The van der Waals surface area contributed by atoms with E-state index in [1.165, 1.54) is 11.1 Å². The van der Waals surface area contributed by atoms with Gasteiger partial charge in [0.1, 0.15) is 18.3 Å². The molecule has 1 heterocycles. The SMILES string of the molecule is CC(C)=CCC/C(C)=C/CC/C(C)=C\CO[C@@H](COP(=O)(O)O[C@H]1OC(C(N)=O)[C@H](O)[C@H](O)C1O)C(=O)O. The molecule has 0 aromatic carbocycles. The Balaban J connectivity index is 2.57. The molecule has 0 saturated carbocycles. The van der Waals surface area contributed by atoms with Crippen molar-refractivity contribution in [2.75, 3.05) is 13.2 Å². The summed E-state index contributed by atoms with van der Waals surface area (Å²) < 4.78 is 31.7. The second kappa shape index (κ2) is 16.2. The first-order valence-corrected chi connectivity index (χ1v) is 13.6. The van der Waals surface area contributed by atoms with Gasteiger partial charge in [-0.05, 0) is 53.4 Å². The Morgan fingerprint density at radius 1 is 0.974 bits per heavy atom. The quantitative estimate of drug-likeness (QED) is 0.115. The zero-order chi connectivity index (χ0) is 29.0. The van der Waals surface area contributed by atoms with E-state index >= 15 is 0 Å². The minimum Gasteiger partial charge on any atom is -0.479 e. The lowest BCUT2D eigenvalue weighted by Crippen LogP contribution is -2.61. The molecule has 0 aromatic heterocycles. The van der Waals surface area contributed by atoms with Gasteiger partial charge < -0.3 is 40.5 Å². The van der Waals surface area contributed by atoms with E-state index in [1.807, 2.05) is 6.92 Å². The number of phosphoric acid groups is 1. The number of carbonyl (C=O) groups is 2. The number of amides is 1. The van der Waals surface area contributed by atoms with E-state index in [0.29, 0.717) is 0 Å². The van der Waals surface area contributed by atoms with Crippen molar-refractivity contribution in [1.29, 1.82) is 0 Å². The molecule has 0 bridgehead atoms. The minimum atomic E-state index is -5.08. The number of carboxylic acids is 1. The standard InChI is InChI=1S/C24H40NO12P/c1-14(2)7-5-8-15(3)9-6-10-16(4)11-12-34-17(23(30)31)13-35-38(32,33)37-24-20(28)18(26)19(27)21(36-24)22(25)29/h7,9,11,17-21,24,26-28H,5-6,8,10,12-13H2,1-4H3,(H2,25,29)(H,30,31)(H,32,33)/b15-9+,16-11-/t17-,18-,19+,20?,21?,24+/m0/s1. The Morgan fingerprint density at radius 2 is 1.55 bits per heavy atom. The Morgan fingerprint density at radius 3 is 2.11 bits per heavy atom. The number of aliphatic hydroxyl groups excluding tert-OH is 3. The maximum absolute atomic E-state index is 12.3. The van der Waals surface area contributed by atoms with Crippen molar-refractivity contribution in [3.63, 3.8) is 0 Å². The summed E-state index contributed by atoms with van der Waals surface area (Å²) in [5.41, 5.74) is 8.57. The number of primary amides is 1. The van der Waals surface area contributed by atoms with Gasteiger partial charge in [-0.2, -0.15) is 0 Å². The molecule has 38 heavy (non-hydrogen) atoms. The molecule has 1 amide bonds. The molecule has 0 radical (unpaired) electrons. The Kier molecular flexibility index (Phi) is 14.6. The summed E-state index contributed by atoms with van der Waals surface area (Å²) in [6.45, 7) is 7.07. The number of carbonyl (C=O) groups excluding carboxylic acids is 1. The molecule has 0 spiro atoms. The van der Waals surface area contributed by atoms with E-state index in [9.17, 15) is 39.5 Å². The average Bonchev–Trinajstić information content (AvgIpc) is 2.80. The molecule has 0 aromatic rings. The van der Waals surface area contributed by atoms with E-state index in [1.54, 1.807) is 6.08 Å². The first-order chi connectivity index (χ1) is 17.6. The molecule has 1 saturated heterocycles. The van der Waals surface area contributed by atoms with Crippen LogP contribution in [0.1, 0.15) is 53.4 Å². The maximum Gasteiger partial charge on any atom is 0.474 e. The van der Waals surface area contributed by atoms with Crippen molar-refractivity contribution in [3.8, 4) is 0 Å². The fraction of sp³-hybridized carbons (Fsp3) is 0.667. The van der Waals surface area contributed by atoms with Crippen molar-refractivity contribution in [2.24, 2.45) is 5.73 Å². The summed E-state index contributed by atoms with van der Waals surface area (Å²) in [4.78, 5) is 32.7. The molecule has 7 atom stereocenters. The maximum atomic E-state index is 12.3. The monoisotopic (exact) mass is 565 g/mol. The van der Waals surface area contributed by atoms with Crippen LogP contribution in [0, 0.1) is 0 Å². The summed E-state index contributed by atoms with van der Waals surface area (Å²) in [7, 11) is -5.08. The zero-order valence-corrected chi connectivity index (χ0v) is 23.0. The number of aliphatic hydroxyl groups is 3. The molecule has 0 aliphatic carbocycles. The van der Waals surface area contributed by atoms with Gasteiger partial charge in [0.15, 0.2) is 18.5 Å². The third-order valence-corrected chi connectivity index (χ3v) is 6.55. The van der Waals surface area contributed by atoms with E-state index < -0.39 is 63.1 Å². The largest absolute Gasteiger partial charge is 0.479 e. The summed E-state index contributed by atoms with van der Waals surface area (Å²) in [5.74, 6) is -2.69. The molecule has 14 heteroatoms. The highest BCUT2D eigenvalue weighted by Gasteiger charge is 2.49. The second-order valence-electron chi connectivity index (χ2n) is 9.29. The number of hydrogen-bond acceptors (Lipinski definition) is 10. The summed E-state index contributed by atoms with van der Waals surface area (Å²) in [6.07, 6.45) is -1.93. The third kappa shape index (κ3) is 12.3. The van der Waals surface area contributed by atoms with Crippen LogP contribution in [0.2, 0.25) is 0 Å². The molecule has 1 aliphatic rings. The lowest BCUT2D eigenvalue weighted by Gasteiger charge is -2.38. The second-order valence-corrected chi connectivity index (χ2v) is 10.7. The number of ether oxygens (including phenoxy) is 2. The zero-order valence-electron chi connectivity index (χ0n) is 22.1. The first-order valence-electron chi connectivity index (χ1n) is 12.1. The number of aliphatic carboxylic acids is 1. The Hall–Kier alpha value is -1.93. The third-order valence-electron chi connectivity index (χ3n) is 5.60. The number of carboxylic acid groups (broad SMARTS) is 1. The highest BCUT2D eigenvalue weighted by molar-refractivity contribution is 7.47. The molecule has 1 rings (SSSR count). The van der Waals surface area contributed by atoms with Gasteiger partial charge >= 0.3 is 13.8 Å². The summed E-state index contributed by atoms with van der Waals surface area (Å²) in [6, 6.07) is 0. The van der Waals surface area contributed by atoms with Gasteiger partial charge in [-0.15, -0.1) is 0 Å². The van der Waals surface area contributed by atoms with Crippen molar-refractivity contribution in [2.45, 2.75) is 90.2 Å². The number of phosphoric ester groups is 1. The van der Waals surface area contributed by atoms with Crippen LogP contribution in [0.4, 0.5) is 0 Å². The number of rotatable bonds is 16. The number of hydrogen-bond donors (Lipinski definition) is 6. The average molecular weight is 566 g/mol. The lowest BCUT2D eigenvalue weighted by atomic mass is 9.99. The summed E-state index contributed by atoms with van der Waals surface area (Å²) >= 11 is 0. The predicted molar refractivity (Wildman–Crippen MR) is 136 cm³/mol. The molecule has 3 unspecified atom stereocenters. The van der Waals surface area contributed by atoms with Gasteiger partial charge in [0, 0.05) is 0 Å². The minimum absolute atomic E-state index is 0.0964. The molecular formula is C24H40NO12P. The van der Waals surface area contributed by atoms with E-state index in [0.717, 1.165) is 31.3 Å². The van der Waals surface area contributed by atoms with Crippen LogP contribution in [0.15, 0.2) is 34.9 Å². The van der Waals surface area contributed by atoms with Crippen LogP contribution in [0.3, 0.4) is 0 Å². The molecule has 13 nitrogen and oxygen atoms in total. The lowest BCUT2D eigenvalue weighted by molar-refractivity contribution is -0.270. The molecular weight excluding hydrogens is 525 g/mol. The van der Waals surface area contributed by atoms with Gasteiger partial charge in [-0.1, -0.05) is 34.9 Å². The van der Waals surface area contributed by atoms with Crippen LogP contribution in [-0.2, 0) is 32.7 Å². The molecule has 1 fully saturated rings. The van der Waals surface area contributed by atoms with Gasteiger partial charge in [-0.25, -0.2) is 9.36 Å². The van der Waals surface area contributed by atoms with Crippen LogP contribution < -0.4 is 5.73 Å². The summed E-state index contributed by atoms with van der Waals surface area (Å²) in [5, 5.41) is 38.8. The fourth-order valence-electron chi connectivity index (χ4n) is 3.33. The first kappa shape index (κ1) is 34.1. The van der Waals surface area contributed by atoms with Gasteiger partial charge in [-0.3, -0.25) is 13.8 Å². The smallest absolute Gasteiger partial charge is 0.474 e. The Bertz CT molecular complexity index is 929. The van der Waals surface area contributed by atoms with Gasteiger partial charge in [0.25, 0.3) is 0 Å². The van der Waals surface area contributed by atoms with Crippen LogP contribution in [-0.4, -0.2) is 87.2 Å². The fourth-order valence-corrected chi connectivity index (χ4v) is 4.15. The Labute approximate surface area is 222 Å². The number of nitrogens with two attached hydrogens (primary N) is 1. The predicted octanol–water partition coefficient (Wildman–Crippen LogP) is 1.30. The van der Waals surface area contributed by atoms with Crippen molar-refractivity contribution < 1.29 is 58.0 Å². The van der Waals surface area contributed by atoms with Crippen molar-refractivity contribution in [1.82, 2.24) is 0 Å². The van der Waals surface area contributed by atoms with E-state index in [-0.39, 0.29) is 6.61 Å².